The molecule has 3 atom stereocenters. The van der Waals surface area contributed by atoms with Crippen LogP contribution < -0.4 is 39.6 Å². The second kappa shape index (κ2) is 23.8. The van der Waals surface area contributed by atoms with Crippen molar-refractivity contribution in [2.45, 2.75) is 50.9 Å². The molecular weight excluding hydrogens is 1110 g/mol. The number of methoxy groups -OCH3 is 5. The summed E-state index contributed by atoms with van der Waals surface area (Å²) in [4.78, 5) is 37.2. The number of aromatic nitrogens is 6. The van der Waals surface area contributed by atoms with Crippen LogP contribution >= 0.6 is 0 Å². The van der Waals surface area contributed by atoms with Gasteiger partial charge in [-0.25, -0.2) is 31.6 Å². The van der Waals surface area contributed by atoms with Crippen LogP contribution in [-0.2, 0) is 14.4 Å². The zero-order valence-electron chi connectivity index (χ0n) is 46.6. The summed E-state index contributed by atoms with van der Waals surface area (Å²) in [5, 5.41) is 51.7. The van der Waals surface area contributed by atoms with Crippen LogP contribution in [0.4, 0.5) is 35.0 Å². The Kier molecular flexibility index (Phi) is 16.1. The average Bonchev–Trinajstić information content (AvgIpc) is 2.06. The molecule has 9 aromatic rings. The number of phenols is 3. The Hall–Kier alpha value is -10.5. The molecule has 438 valence electrons. The zero-order valence-corrected chi connectivity index (χ0v) is 46.6. The van der Waals surface area contributed by atoms with Crippen LogP contribution in [0.1, 0.15) is 81.5 Å². The minimum absolute atomic E-state index is 0.00877. The van der Waals surface area contributed by atoms with E-state index in [2.05, 4.69) is 31.2 Å². The van der Waals surface area contributed by atoms with Gasteiger partial charge in [0.2, 0.25) is 29.2 Å². The molecule has 3 unspecified atom stereocenters. The summed E-state index contributed by atoms with van der Waals surface area (Å²) < 4.78 is 85.2. The van der Waals surface area contributed by atoms with E-state index in [-0.39, 0.29) is 88.9 Å². The second-order valence-electron chi connectivity index (χ2n) is 19.9. The van der Waals surface area contributed by atoms with Gasteiger partial charge >= 0.3 is 0 Å². The molecule has 0 fully saturated rings. The summed E-state index contributed by atoms with van der Waals surface area (Å²) in [5.74, 6) is -2.38. The third-order valence-electron chi connectivity index (χ3n) is 15.0. The fourth-order valence-corrected chi connectivity index (χ4v) is 10.5. The lowest BCUT2D eigenvalue weighted by atomic mass is 9.87. The minimum Gasteiger partial charge on any atom is -0.504 e. The topological polar surface area (TPSA) is 248 Å². The normalized spacial score (nSPS) is 15.7. The molecule has 20 nitrogen and oxygen atoms in total. The largest absolute Gasteiger partial charge is 0.504 e. The highest BCUT2D eigenvalue weighted by molar-refractivity contribution is 5.96. The first-order valence-electron chi connectivity index (χ1n) is 26.2. The molecule has 0 bridgehead atoms. The lowest BCUT2D eigenvalue weighted by molar-refractivity contribution is -0.117. The number of halogens is 4. The molecule has 6 aromatic carbocycles. The van der Waals surface area contributed by atoms with Crippen molar-refractivity contribution >= 4 is 35.2 Å². The highest BCUT2D eigenvalue weighted by atomic mass is 19.1. The van der Waals surface area contributed by atoms with Gasteiger partial charge in [-0.05, 0) is 108 Å². The van der Waals surface area contributed by atoms with Gasteiger partial charge in [-0.15, -0.1) is 0 Å². The molecule has 85 heavy (non-hydrogen) atoms. The number of benzene rings is 6. The number of anilines is 3. The van der Waals surface area contributed by atoms with E-state index in [4.69, 9.17) is 23.7 Å². The first kappa shape index (κ1) is 57.7. The third-order valence-corrected chi connectivity index (χ3v) is 15.0. The molecule has 24 heteroatoms. The molecule has 3 aliphatic heterocycles. The number of ether oxygens (including phenoxy) is 5. The maximum absolute atomic E-state index is 14.3. The number of phenolic OH excluding ortho intramolecular Hbond substituents is 3. The van der Waals surface area contributed by atoms with E-state index in [1.165, 1.54) is 75.5 Å². The van der Waals surface area contributed by atoms with Gasteiger partial charge in [-0.3, -0.25) is 14.4 Å². The van der Waals surface area contributed by atoms with Crippen molar-refractivity contribution < 1.29 is 70.9 Å². The summed E-state index contributed by atoms with van der Waals surface area (Å²) in [5.41, 5.74) is 7.59. The van der Waals surface area contributed by atoms with E-state index in [1.807, 2.05) is 32.0 Å². The van der Waals surface area contributed by atoms with Gasteiger partial charge in [-0.1, -0.05) is 18.2 Å². The van der Waals surface area contributed by atoms with Crippen LogP contribution in [-0.4, -0.2) is 97.9 Å². The van der Waals surface area contributed by atoms with Crippen molar-refractivity contribution in [1.82, 2.24) is 29.3 Å². The Balaban J connectivity index is 0.000000142. The number of carbonyl (C=O) groups excluding carboxylic acids is 3. The van der Waals surface area contributed by atoms with E-state index in [0.29, 0.717) is 57.0 Å². The first-order valence-corrected chi connectivity index (χ1v) is 26.2. The Morgan fingerprint density at radius 1 is 0.459 bits per heavy atom. The van der Waals surface area contributed by atoms with Gasteiger partial charge in [0.05, 0.1) is 59.8 Å². The highest BCUT2D eigenvalue weighted by Gasteiger charge is 2.35. The van der Waals surface area contributed by atoms with E-state index < -0.39 is 29.2 Å². The summed E-state index contributed by atoms with van der Waals surface area (Å²) in [7, 11) is 7.23. The Labute approximate surface area is 482 Å². The van der Waals surface area contributed by atoms with E-state index in [9.17, 15) is 47.3 Å². The number of aryl methyl sites for hydroxylation is 1. The van der Waals surface area contributed by atoms with Gasteiger partial charge < -0.3 is 55.0 Å². The monoisotopic (exact) mass is 1170 g/mol. The first-order chi connectivity index (χ1) is 40.8. The van der Waals surface area contributed by atoms with Gasteiger partial charge in [0.1, 0.15) is 40.5 Å². The molecule has 0 radical (unpaired) electrons. The maximum Gasteiger partial charge on any atom is 0.226 e. The molecule has 6 N–H and O–H groups in total. The lowest BCUT2D eigenvalue weighted by Gasteiger charge is -2.25. The minimum atomic E-state index is -0.805. The van der Waals surface area contributed by atoms with Crippen molar-refractivity contribution in [3.8, 4) is 63.1 Å². The standard InChI is InChI=1S/C22H23N3O4.C20H17F2N3O4.C19H15F2N3O3/c1-12-6-5-7-17(13(12)2)25-22-16(11-23-25)15(10-20(26)24-22)14-8-18(28-3)21(27)19(9-14)29-4;1-28-16-5-10(6-17(29-2)19(16)27)12-8-18(26)24-20-13(12)9-23-25(20)15-4-3-11(21)7-14(15)22;1-27-17-5-2-10(6-16(17)25)12-8-18(26)23-19-13(12)9-22-24(19)15-4-3-11(20)7-14(15)21/h5-9,11,15,27H,10H2,1-4H3,(H,24,26);3-7,9,12,27H,8H2,1-2H3,(H,24,26);2-7,9,12,25H,8H2,1H3,(H,23,26). The number of nitrogens with zero attached hydrogens (tertiary/aromatic N) is 6. The fraction of sp³-hybridized carbons (Fsp3) is 0.213. The van der Waals surface area contributed by atoms with Crippen LogP contribution in [0.15, 0.2) is 116 Å². The molecule has 0 saturated heterocycles. The molecule has 12 rings (SSSR count). The summed E-state index contributed by atoms with van der Waals surface area (Å²) in [6, 6.07) is 23.8. The van der Waals surface area contributed by atoms with Crippen LogP contribution in [0, 0.1) is 37.1 Å². The van der Waals surface area contributed by atoms with Crippen molar-refractivity contribution in [2.75, 3.05) is 51.5 Å². The van der Waals surface area contributed by atoms with E-state index in [1.54, 1.807) is 47.3 Å². The van der Waals surface area contributed by atoms with Crippen LogP contribution in [0.2, 0.25) is 0 Å². The number of rotatable bonds is 11. The predicted octanol–water partition coefficient (Wildman–Crippen LogP) is 10.4. The molecular formula is C61H55F4N9O11. The summed E-state index contributed by atoms with van der Waals surface area (Å²) in [6.45, 7) is 4.09. The number of aromatic hydroxyl groups is 3. The summed E-state index contributed by atoms with van der Waals surface area (Å²) in [6.07, 6.45) is 5.37. The van der Waals surface area contributed by atoms with Crippen molar-refractivity contribution in [3.05, 3.63) is 183 Å². The van der Waals surface area contributed by atoms with E-state index in [0.717, 1.165) is 52.2 Å². The number of carbonyl (C=O) groups is 3. The van der Waals surface area contributed by atoms with Crippen LogP contribution in [0.3, 0.4) is 0 Å². The predicted molar refractivity (Wildman–Crippen MR) is 302 cm³/mol. The molecule has 6 heterocycles. The fourth-order valence-electron chi connectivity index (χ4n) is 10.5. The maximum atomic E-state index is 14.3. The van der Waals surface area contributed by atoms with Crippen LogP contribution in [0.5, 0.6) is 46.0 Å². The smallest absolute Gasteiger partial charge is 0.226 e. The van der Waals surface area contributed by atoms with Crippen molar-refractivity contribution in [1.29, 1.82) is 0 Å². The third kappa shape index (κ3) is 11.2. The SMILES string of the molecule is COc1cc(C2CC(=O)Nc3c2cnn3-c2ccc(F)cc2F)cc(OC)c1O.COc1cc(C2CC(=O)Nc3c2cnn3-c2cccc(C)c2C)cc(OC)c1O.COc1ccc(C2CC(=O)Nc3c2cnn3-c2ccc(F)cc2F)cc1O. The number of hydrogen-bond acceptors (Lipinski definition) is 14. The molecule has 3 aliphatic rings. The quantitative estimate of drug-likeness (QED) is 0.0660. The average molecular weight is 1170 g/mol. The molecule has 0 aliphatic carbocycles. The molecule has 3 aromatic heterocycles. The van der Waals surface area contributed by atoms with Gasteiger partial charge in [-0.2, -0.15) is 15.3 Å². The number of amides is 3. The zero-order chi connectivity index (χ0) is 60.5. The molecule has 3 amide bonds. The Morgan fingerprint density at radius 2 is 0.835 bits per heavy atom. The molecule has 0 saturated carbocycles. The van der Waals surface area contributed by atoms with Crippen molar-refractivity contribution in [3.63, 3.8) is 0 Å². The number of fused-ring (bicyclic) bond motifs is 3. The van der Waals surface area contributed by atoms with Gasteiger partial charge in [0.15, 0.2) is 46.1 Å². The molecule has 0 spiro atoms. The van der Waals surface area contributed by atoms with Gasteiger partial charge in [0, 0.05) is 65.8 Å². The van der Waals surface area contributed by atoms with Crippen LogP contribution in [0.25, 0.3) is 17.1 Å². The van der Waals surface area contributed by atoms with Gasteiger partial charge in [0.25, 0.3) is 0 Å². The van der Waals surface area contributed by atoms with Crippen molar-refractivity contribution in [2.24, 2.45) is 0 Å². The summed E-state index contributed by atoms with van der Waals surface area (Å²) >= 11 is 0. The second-order valence-corrected chi connectivity index (χ2v) is 19.9. The van der Waals surface area contributed by atoms with E-state index >= 15 is 0 Å². The number of nitrogens with one attached hydrogen (secondary N) is 3. The number of hydrogen-bond donors (Lipinski definition) is 6. The Bertz CT molecular complexity index is 4040. The lowest BCUT2D eigenvalue weighted by Crippen LogP contribution is -2.24. The highest BCUT2D eigenvalue weighted by Crippen LogP contribution is 2.47. The Morgan fingerprint density at radius 3 is 1.20 bits per heavy atom.